The molecule has 1 aliphatic heterocycles. The number of carbonyl (C=O) groups is 1. The van der Waals surface area contributed by atoms with Crippen LogP contribution in [-0.2, 0) is 11.2 Å². The van der Waals surface area contributed by atoms with Crippen molar-refractivity contribution >= 4 is 11.6 Å². The van der Waals surface area contributed by atoms with Crippen molar-refractivity contribution in [2.24, 2.45) is 5.73 Å². The Balaban J connectivity index is 2.35. The maximum absolute atomic E-state index is 13.0. The van der Waals surface area contributed by atoms with E-state index in [0.29, 0.717) is 12.2 Å². The topological polar surface area (TPSA) is 46.3 Å². The Bertz CT molecular complexity index is 404. The van der Waals surface area contributed by atoms with Crippen LogP contribution in [0.25, 0.3) is 0 Å². The van der Waals surface area contributed by atoms with Gasteiger partial charge in [0.05, 0.1) is 6.04 Å². The minimum Gasteiger partial charge on any atom is -0.320 e. The van der Waals surface area contributed by atoms with E-state index in [1.807, 2.05) is 0 Å². The van der Waals surface area contributed by atoms with Crippen LogP contribution < -0.4 is 10.6 Å². The van der Waals surface area contributed by atoms with Gasteiger partial charge in [-0.2, -0.15) is 0 Å². The predicted octanol–water partition coefficient (Wildman–Crippen LogP) is 1.06. The molecule has 15 heavy (non-hydrogen) atoms. The number of rotatable bonds is 1. The molecule has 1 heterocycles. The molecular weight excluding hydrogens is 195 g/mol. The second kappa shape index (κ2) is 3.62. The van der Waals surface area contributed by atoms with Crippen molar-refractivity contribution < 1.29 is 9.18 Å². The van der Waals surface area contributed by atoms with Crippen molar-refractivity contribution in [1.29, 1.82) is 0 Å². The standard InChI is InChI=1S/C11H13FN2O/c1-7(13)11(15)14-5-4-8-2-3-9(12)6-10(8)14/h2-3,6-7H,4-5,13H2,1H3/t7-/m0/s1. The third kappa shape index (κ3) is 1.72. The van der Waals surface area contributed by atoms with Gasteiger partial charge in [0.2, 0.25) is 5.91 Å². The Hall–Kier alpha value is -1.42. The minimum absolute atomic E-state index is 0.153. The lowest BCUT2D eigenvalue weighted by Gasteiger charge is -2.19. The molecule has 0 saturated heterocycles. The molecule has 0 aliphatic carbocycles. The summed E-state index contributed by atoms with van der Waals surface area (Å²) in [5.74, 6) is -0.475. The van der Waals surface area contributed by atoms with Crippen molar-refractivity contribution in [1.82, 2.24) is 0 Å². The van der Waals surface area contributed by atoms with E-state index in [-0.39, 0.29) is 11.7 Å². The molecule has 1 atom stereocenters. The maximum atomic E-state index is 13.0. The second-order valence-corrected chi connectivity index (χ2v) is 3.80. The van der Waals surface area contributed by atoms with E-state index in [9.17, 15) is 9.18 Å². The van der Waals surface area contributed by atoms with E-state index in [1.165, 1.54) is 12.1 Å². The van der Waals surface area contributed by atoms with Gasteiger partial charge in [0.1, 0.15) is 5.82 Å². The molecule has 3 nitrogen and oxygen atoms in total. The van der Waals surface area contributed by atoms with Crippen molar-refractivity contribution in [2.75, 3.05) is 11.4 Å². The third-order valence-electron chi connectivity index (χ3n) is 2.60. The minimum atomic E-state index is -0.542. The van der Waals surface area contributed by atoms with E-state index in [1.54, 1.807) is 17.9 Å². The van der Waals surface area contributed by atoms with Crippen LogP contribution in [0, 0.1) is 5.82 Å². The van der Waals surface area contributed by atoms with Crippen LogP contribution in [0.15, 0.2) is 18.2 Å². The predicted molar refractivity (Wildman–Crippen MR) is 56.1 cm³/mol. The molecule has 2 rings (SSSR count). The molecule has 2 N–H and O–H groups in total. The van der Waals surface area contributed by atoms with Gasteiger partial charge in [-0.1, -0.05) is 6.07 Å². The molecule has 1 aliphatic rings. The lowest BCUT2D eigenvalue weighted by atomic mass is 10.1. The fourth-order valence-electron chi connectivity index (χ4n) is 1.83. The van der Waals surface area contributed by atoms with Gasteiger partial charge >= 0.3 is 0 Å². The Morgan fingerprint density at radius 1 is 1.60 bits per heavy atom. The lowest BCUT2D eigenvalue weighted by Crippen LogP contribution is -2.41. The summed E-state index contributed by atoms with van der Waals surface area (Å²) in [6, 6.07) is 3.99. The number of fused-ring (bicyclic) bond motifs is 1. The normalized spacial score (nSPS) is 16.3. The summed E-state index contributed by atoms with van der Waals surface area (Å²) in [5, 5.41) is 0. The molecule has 1 aromatic rings. The van der Waals surface area contributed by atoms with Crippen LogP contribution in [-0.4, -0.2) is 18.5 Å². The fraction of sp³-hybridized carbons (Fsp3) is 0.364. The summed E-state index contributed by atoms with van der Waals surface area (Å²) >= 11 is 0. The molecule has 0 aromatic heterocycles. The fourth-order valence-corrected chi connectivity index (χ4v) is 1.83. The van der Waals surface area contributed by atoms with Gasteiger partial charge in [0, 0.05) is 12.2 Å². The first-order valence-electron chi connectivity index (χ1n) is 4.95. The number of anilines is 1. The summed E-state index contributed by atoms with van der Waals surface area (Å²) < 4.78 is 13.0. The first kappa shape index (κ1) is 10.1. The number of halogens is 1. The van der Waals surface area contributed by atoms with E-state index >= 15 is 0 Å². The van der Waals surface area contributed by atoms with Gasteiger partial charge in [-0.3, -0.25) is 4.79 Å². The number of amides is 1. The van der Waals surface area contributed by atoms with Crippen LogP contribution in [0.4, 0.5) is 10.1 Å². The molecule has 0 fully saturated rings. The highest BCUT2D eigenvalue weighted by molar-refractivity contribution is 5.98. The Labute approximate surface area is 87.7 Å². The smallest absolute Gasteiger partial charge is 0.243 e. The Morgan fingerprint density at radius 2 is 2.33 bits per heavy atom. The molecule has 0 spiro atoms. The molecule has 1 aromatic carbocycles. The molecular formula is C11H13FN2O. The molecule has 0 saturated carbocycles. The summed E-state index contributed by atoms with van der Waals surface area (Å²) in [4.78, 5) is 13.3. The van der Waals surface area contributed by atoms with E-state index in [2.05, 4.69) is 0 Å². The van der Waals surface area contributed by atoms with Crippen molar-refractivity contribution in [3.63, 3.8) is 0 Å². The molecule has 80 valence electrons. The molecule has 0 unspecified atom stereocenters. The SMILES string of the molecule is C[C@H](N)C(=O)N1CCc2ccc(F)cc21. The lowest BCUT2D eigenvalue weighted by molar-refractivity contribution is -0.119. The van der Waals surface area contributed by atoms with Crippen molar-refractivity contribution in [3.05, 3.63) is 29.6 Å². The summed E-state index contributed by atoms with van der Waals surface area (Å²) in [6.07, 6.45) is 0.772. The van der Waals surface area contributed by atoms with E-state index < -0.39 is 6.04 Å². The second-order valence-electron chi connectivity index (χ2n) is 3.80. The zero-order valence-corrected chi connectivity index (χ0v) is 8.53. The quantitative estimate of drug-likeness (QED) is 0.750. The number of carbonyl (C=O) groups excluding carboxylic acids is 1. The average Bonchev–Trinajstić information content (AvgIpc) is 2.59. The van der Waals surface area contributed by atoms with Crippen LogP contribution >= 0.6 is 0 Å². The largest absolute Gasteiger partial charge is 0.320 e. The summed E-state index contributed by atoms with van der Waals surface area (Å²) in [7, 11) is 0. The van der Waals surface area contributed by atoms with Gasteiger partial charge in [-0.15, -0.1) is 0 Å². The number of nitrogens with zero attached hydrogens (tertiary/aromatic N) is 1. The number of hydrogen-bond donors (Lipinski definition) is 1. The van der Waals surface area contributed by atoms with Crippen LogP contribution in [0.1, 0.15) is 12.5 Å². The average molecular weight is 208 g/mol. The van der Waals surface area contributed by atoms with Crippen LogP contribution in [0.5, 0.6) is 0 Å². The highest BCUT2D eigenvalue weighted by Crippen LogP contribution is 2.28. The molecule has 1 amide bonds. The van der Waals surface area contributed by atoms with Crippen molar-refractivity contribution in [3.8, 4) is 0 Å². The van der Waals surface area contributed by atoms with E-state index in [0.717, 1.165) is 12.0 Å². The van der Waals surface area contributed by atoms with Crippen LogP contribution in [0.3, 0.4) is 0 Å². The summed E-state index contributed by atoms with van der Waals surface area (Å²) in [6.45, 7) is 2.23. The van der Waals surface area contributed by atoms with Crippen LogP contribution in [0.2, 0.25) is 0 Å². The van der Waals surface area contributed by atoms with Gasteiger partial charge < -0.3 is 10.6 Å². The summed E-state index contributed by atoms with van der Waals surface area (Å²) in [5.41, 5.74) is 7.20. The number of hydrogen-bond acceptors (Lipinski definition) is 2. The highest BCUT2D eigenvalue weighted by Gasteiger charge is 2.26. The Kier molecular flexibility index (Phi) is 2.44. The van der Waals surface area contributed by atoms with Gasteiger partial charge in [-0.25, -0.2) is 4.39 Å². The van der Waals surface area contributed by atoms with Gasteiger partial charge in [0.25, 0.3) is 0 Å². The number of benzene rings is 1. The molecule has 4 heteroatoms. The molecule has 0 radical (unpaired) electrons. The van der Waals surface area contributed by atoms with Crippen molar-refractivity contribution in [2.45, 2.75) is 19.4 Å². The molecule has 0 bridgehead atoms. The number of nitrogens with two attached hydrogens (primary N) is 1. The monoisotopic (exact) mass is 208 g/mol. The third-order valence-corrected chi connectivity index (χ3v) is 2.60. The zero-order chi connectivity index (χ0) is 11.0. The van der Waals surface area contributed by atoms with Gasteiger partial charge in [0.15, 0.2) is 0 Å². The Morgan fingerprint density at radius 3 is 3.00 bits per heavy atom. The zero-order valence-electron chi connectivity index (χ0n) is 8.53. The first-order chi connectivity index (χ1) is 7.09. The first-order valence-corrected chi connectivity index (χ1v) is 4.95. The van der Waals surface area contributed by atoms with Gasteiger partial charge in [-0.05, 0) is 31.0 Å². The highest BCUT2D eigenvalue weighted by atomic mass is 19.1. The maximum Gasteiger partial charge on any atom is 0.243 e. The van der Waals surface area contributed by atoms with E-state index in [4.69, 9.17) is 5.73 Å².